The number of hydrogen-bond acceptors (Lipinski definition) is 9. The molecule has 11 heteroatoms. The second-order valence-corrected chi connectivity index (χ2v) is 14.2. The van der Waals surface area contributed by atoms with Gasteiger partial charge in [0.15, 0.2) is 11.4 Å². The third-order valence-corrected chi connectivity index (χ3v) is 10.6. The number of oxazole rings is 1. The molecular weight excluding hydrogens is 664 g/mol. The average Bonchev–Trinajstić information content (AvgIpc) is 3.86. The fourth-order valence-corrected chi connectivity index (χ4v) is 7.81. The van der Waals surface area contributed by atoms with E-state index < -0.39 is 5.97 Å². The van der Waals surface area contributed by atoms with Gasteiger partial charge in [0.05, 0.1) is 17.0 Å². The van der Waals surface area contributed by atoms with E-state index in [0.29, 0.717) is 60.4 Å². The summed E-state index contributed by atoms with van der Waals surface area (Å²) in [5.41, 5.74) is 10.2. The van der Waals surface area contributed by atoms with Crippen molar-refractivity contribution in [1.82, 2.24) is 24.8 Å². The number of hydrogen-bond donors (Lipinski definition) is 3. The van der Waals surface area contributed by atoms with Crippen LogP contribution < -0.4 is 5.32 Å². The molecular formula is C40H39ClN6O4. The highest BCUT2D eigenvalue weighted by Gasteiger charge is 2.28. The number of likely N-dealkylation sites (tertiary alicyclic amines) is 2. The molecule has 6 aromatic rings. The number of carbonyl (C=O) groups is 1. The van der Waals surface area contributed by atoms with E-state index in [9.17, 15) is 15.0 Å². The molecule has 5 heterocycles. The third kappa shape index (κ3) is 6.68. The smallest absolute Gasteiger partial charge is 0.307 e. The van der Waals surface area contributed by atoms with Gasteiger partial charge in [-0.1, -0.05) is 35.9 Å². The normalized spacial score (nSPS) is 18.3. The van der Waals surface area contributed by atoms with Gasteiger partial charge in [0.25, 0.3) is 0 Å². The van der Waals surface area contributed by atoms with Crippen LogP contribution in [0, 0.1) is 19.8 Å². The van der Waals surface area contributed by atoms with Gasteiger partial charge in [-0.05, 0) is 103 Å². The number of nitrogens with one attached hydrogen (secondary N) is 1. The largest absolute Gasteiger partial charge is 0.481 e. The Morgan fingerprint density at radius 3 is 2.45 bits per heavy atom. The number of rotatable bonds is 9. The van der Waals surface area contributed by atoms with E-state index in [1.54, 1.807) is 6.20 Å². The molecule has 0 amide bonds. The Labute approximate surface area is 300 Å². The van der Waals surface area contributed by atoms with Gasteiger partial charge in [0.1, 0.15) is 11.0 Å². The van der Waals surface area contributed by atoms with Gasteiger partial charge in [0, 0.05) is 61.8 Å². The molecule has 0 radical (unpaired) electrons. The van der Waals surface area contributed by atoms with Crippen molar-refractivity contribution in [2.45, 2.75) is 45.9 Å². The Morgan fingerprint density at radius 1 is 0.922 bits per heavy atom. The Hall–Kier alpha value is -4.87. The lowest BCUT2D eigenvalue weighted by atomic mass is 9.93. The van der Waals surface area contributed by atoms with Crippen molar-refractivity contribution in [2.24, 2.45) is 5.92 Å². The maximum absolute atomic E-state index is 11.4. The second kappa shape index (κ2) is 13.7. The van der Waals surface area contributed by atoms with E-state index >= 15 is 0 Å². The van der Waals surface area contributed by atoms with Crippen LogP contribution in [-0.4, -0.2) is 73.2 Å². The number of aromatic nitrogens is 3. The quantitative estimate of drug-likeness (QED) is 0.139. The summed E-state index contributed by atoms with van der Waals surface area (Å²) >= 11 is 6.70. The number of pyridine rings is 2. The molecule has 3 N–H and O–H groups in total. The van der Waals surface area contributed by atoms with Gasteiger partial charge in [0.2, 0.25) is 5.89 Å². The average molecular weight is 703 g/mol. The Morgan fingerprint density at radius 2 is 1.67 bits per heavy atom. The number of β-amino-alcohol motifs (C(OH)–C–C–N with tert-alkyl or cyclic N) is 1. The number of aliphatic carboxylic acids is 1. The van der Waals surface area contributed by atoms with Crippen LogP contribution in [0.4, 0.5) is 11.5 Å². The number of carboxylic acids is 1. The summed E-state index contributed by atoms with van der Waals surface area (Å²) in [5, 5.41) is 24.4. The number of benzene rings is 3. The Balaban J connectivity index is 1.05. The number of anilines is 2. The van der Waals surface area contributed by atoms with E-state index in [-0.39, 0.29) is 12.0 Å². The van der Waals surface area contributed by atoms with Crippen molar-refractivity contribution >= 4 is 51.1 Å². The van der Waals surface area contributed by atoms with Crippen LogP contribution in [0.15, 0.2) is 77.5 Å². The molecule has 0 bridgehead atoms. The minimum absolute atomic E-state index is 0.276. The van der Waals surface area contributed by atoms with Crippen LogP contribution in [-0.2, 0) is 17.9 Å². The summed E-state index contributed by atoms with van der Waals surface area (Å²) in [4.78, 5) is 30.1. The first-order valence-electron chi connectivity index (χ1n) is 17.4. The highest BCUT2D eigenvalue weighted by molar-refractivity contribution is 6.34. The molecule has 0 saturated carbocycles. The van der Waals surface area contributed by atoms with Crippen LogP contribution in [0.2, 0.25) is 5.02 Å². The molecule has 51 heavy (non-hydrogen) atoms. The zero-order valence-electron chi connectivity index (χ0n) is 28.6. The van der Waals surface area contributed by atoms with Crippen molar-refractivity contribution in [3.05, 3.63) is 100 Å². The highest BCUT2D eigenvalue weighted by Crippen LogP contribution is 2.38. The van der Waals surface area contributed by atoms with Crippen molar-refractivity contribution in [2.75, 3.05) is 31.5 Å². The minimum Gasteiger partial charge on any atom is -0.481 e. The monoisotopic (exact) mass is 702 g/mol. The van der Waals surface area contributed by atoms with Gasteiger partial charge in [-0.2, -0.15) is 0 Å². The van der Waals surface area contributed by atoms with Crippen molar-refractivity contribution in [1.29, 1.82) is 0 Å². The lowest BCUT2D eigenvalue weighted by molar-refractivity contribution is -0.141. The van der Waals surface area contributed by atoms with E-state index in [1.165, 1.54) is 0 Å². The van der Waals surface area contributed by atoms with Crippen LogP contribution in [0.3, 0.4) is 0 Å². The molecule has 2 saturated heterocycles. The van der Waals surface area contributed by atoms with E-state index in [0.717, 1.165) is 75.0 Å². The molecule has 2 unspecified atom stereocenters. The maximum Gasteiger partial charge on any atom is 0.307 e. The lowest BCUT2D eigenvalue weighted by Gasteiger charge is -2.17. The van der Waals surface area contributed by atoms with E-state index in [2.05, 4.69) is 52.1 Å². The zero-order chi connectivity index (χ0) is 35.2. The number of fused-ring (bicyclic) bond motifs is 2. The predicted octanol–water partition coefficient (Wildman–Crippen LogP) is 7.59. The topological polar surface area (TPSA) is 128 Å². The Bertz CT molecular complexity index is 2290. The molecule has 0 aliphatic carbocycles. The maximum atomic E-state index is 11.4. The molecule has 8 rings (SSSR count). The Kier molecular flexibility index (Phi) is 8.93. The molecule has 0 spiro atoms. The van der Waals surface area contributed by atoms with Crippen molar-refractivity contribution < 1.29 is 19.4 Å². The summed E-state index contributed by atoms with van der Waals surface area (Å²) in [6, 6.07) is 20.4. The number of nitrogens with zero attached hydrogens (tertiary/aromatic N) is 5. The molecule has 260 valence electrons. The number of aliphatic hydroxyl groups is 1. The SMILES string of the molecule is Cc1c(Nc2nccc3cc(CN4CCC(C(=O)O)C4)cnc23)cccc1-c1cccc(-c2nc3cc(CN4CCC(O)C4)cc(Cl)c3o2)c1C. The molecule has 3 aromatic heterocycles. The van der Waals surface area contributed by atoms with Gasteiger partial charge < -0.3 is 19.9 Å². The van der Waals surface area contributed by atoms with Crippen LogP contribution in [0.1, 0.15) is 35.1 Å². The standard InChI is InChI=1S/C40H39ClN6O4/c1-23-30(5-3-7-32(23)39-45-35-17-25(16-33(41)37(35)51-39)19-47-14-11-29(48)22-47)31-6-4-8-34(24(31)2)44-38-36-27(9-12-42-38)15-26(18-43-36)20-46-13-10-28(21-46)40(49)50/h3-9,12,15-18,28-29,48H,10-11,13-14,19-22H2,1-2H3,(H,42,44)(H,49,50). The summed E-state index contributed by atoms with van der Waals surface area (Å²) < 4.78 is 6.28. The highest BCUT2D eigenvalue weighted by atomic mass is 35.5. The first-order valence-corrected chi connectivity index (χ1v) is 17.7. The fourth-order valence-electron chi connectivity index (χ4n) is 7.54. The van der Waals surface area contributed by atoms with Gasteiger partial charge in [-0.15, -0.1) is 0 Å². The van der Waals surface area contributed by atoms with Gasteiger partial charge in [-0.25, -0.2) is 9.97 Å². The van der Waals surface area contributed by atoms with Crippen molar-refractivity contribution in [3.8, 4) is 22.6 Å². The van der Waals surface area contributed by atoms with Gasteiger partial charge in [-0.3, -0.25) is 19.6 Å². The predicted molar refractivity (Wildman–Crippen MR) is 199 cm³/mol. The first-order chi connectivity index (χ1) is 24.7. The summed E-state index contributed by atoms with van der Waals surface area (Å²) in [5.74, 6) is 0.154. The minimum atomic E-state index is -0.725. The number of halogens is 1. The number of carboxylic acid groups (broad SMARTS) is 1. The lowest BCUT2D eigenvalue weighted by Crippen LogP contribution is -2.22. The zero-order valence-corrected chi connectivity index (χ0v) is 29.3. The fraction of sp³-hybridized carbons (Fsp3) is 0.300. The molecule has 2 aliphatic rings. The molecule has 2 fully saturated rings. The summed E-state index contributed by atoms with van der Waals surface area (Å²) in [6.07, 6.45) is 4.83. The molecule has 2 atom stereocenters. The molecule has 3 aromatic carbocycles. The number of aliphatic hydroxyl groups excluding tert-OH is 1. The molecule has 10 nitrogen and oxygen atoms in total. The van der Waals surface area contributed by atoms with Crippen LogP contribution in [0.5, 0.6) is 0 Å². The summed E-state index contributed by atoms with van der Waals surface area (Å²) in [7, 11) is 0. The van der Waals surface area contributed by atoms with Gasteiger partial charge >= 0.3 is 5.97 Å². The first kappa shape index (κ1) is 33.3. The third-order valence-electron chi connectivity index (χ3n) is 10.3. The molecule has 2 aliphatic heterocycles. The second-order valence-electron chi connectivity index (χ2n) is 13.8. The summed E-state index contributed by atoms with van der Waals surface area (Å²) in [6.45, 7) is 8.40. The van der Waals surface area contributed by atoms with Crippen LogP contribution >= 0.6 is 11.6 Å². The van der Waals surface area contributed by atoms with E-state index in [1.807, 2.05) is 48.7 Å². The van der Waals surface area contributed by atoms with E-state index in [4.69, 9.17) is 26.0 Å². The van der Waals surface area contributed by atoms with Crippen molar-refractivity contribution in [3.63, 3.8) is 0 Å². The van der Waals surface area contributed by atoms with Crippen LogP contribution in [0.25, 0.3) is 44.6 Å².